The molecule has 190 valence electrons. The van der Waals surface area contributed by atoms with Gasteiger partial charge in [-0.25, -0.2) is 13.2 Å². The van der Waals surface area contributed by atoms with Crippen molar-refractivity contribution in [3.05, 3.63) is 45.8 Å². The Kier molecular flexibility index (Phi) is 6.84. The molecule has 0 bridgehead atoms. The molecule has 11 heteroatoms. The minimum absolute atomic E-state index is 0.118. The van der Waals surface area contributed by atoms with Crippen molar-refractivity contribution in [3.8, 4) is 0 Å². The third kappa shape index (κ3) is 5.01. The molecule has 2 aliphatic rings. The summed E-state index contributed by atoms with van der Waals surface area (Å²) in [5, 5.41) is 6.88. The largest absolute Gasteiger partial charge is 0.465 e. The maximum Gasteiger partial charge on any atom is 0.341 e. The molecule has 0 atom stereocenters. The van der Waals surface area contributed by atoms with Crippen LogP contribution in [0.15, 0.2) is 29.2 Å². The van der Waals surface area contributed by atoms with Crippen LogP contribution in [0.25, 0.3) is 0 Å². The predicted octanol–water partition coefficient (Wildman–Crippen LogP) is 2.97. The van der Waals surface area contributed by atoms with Crippen LogP contribution >= 0.6 is 11.3 Å². The van der Waals surface area contributed by atoms with Gasteiger partial charge in [-0.1, -0.05) is 0 Å². The summed E-state index contributed by atoms with van der Waals surface area (Å²) in [4.78, 5) is 26.9. The molecular weight excluding hydrogens is 490 g/mol. The molecular formula is C24H31N3O6S2. The van der Waals surface area contributed by atoms with E-state index in [1.165, 1.54) is 47.0 Å². The van der Waals surface area contributed by atoms with Crippen LogP contribution in [0.3, 0.4) is 0 Å². The van der Waals surface area contributed by atoms with Crippen LogP contribution in [-0.4, -0.2) is 63.6 Å². The van der Waals surface area contributed by atoms with E-state index in [9.17, 15) is 18.0 Å². The maximum absolute atomic E-state index is 13.1. The number of nitrogens with zero attached hydrogens (tertiary/aromatic N) is 1. The van der Waals surface area contributed by atoms with Crippen LogP contribution in [0.2, 0.25) is 0 Å². The Bertz CT molecular complexity index is 1240. The molecule has 2 aromatic rings. The van der Waals surface area contributed by atoms with Gasteiger partial charge in [0.05, 0.1) is 30.8 Å². The Labute approximate surface area is 209 Å². The van der Waals surface area contributed by atoms with Crippen molar-refractivity contribution in [3.63, 3.8) is 0 Å². The standard InChI is InChI=1S/C24H31N3O6S2/c1-23(2)14-17-18(22(29)32-5)21(34-19(17)24(3,4)26-23)25-20(28)15-6-8-16(9-7-15)35(30,31)27-10-12-33-13-11-27/h6-9,26H,10-14H2,1-5H3,(H,25,28). The quantitative estimate of drug-likeness (QED) is 0.582. The van der Waals surface area contributed by atoms with Crippen molar-refractivity contribution in [2.75, 3.05) is 38.7 Å². The molecule has 2 aliphatic heterocycles. The summed E-state index contributed by atoms with van der Waals surface area (Å²) in [5.74, 6) is -0.938. The summed E-state index contributed by atoms with van der Waals surface area (Å²) in [6, 6.07) is 5.80. The second-order valence-electron chi connectivity index (χ2n) is 9.91. The zero-order chi connectivity index (χ0) is 25.6. The van der Waals surface area contributed by atoms with Crippen molar-refractivity contribution >= 4 is 38.2 Å². The van der Waals surface area contributed by atoms with Crippen LogP contribution < -0.4 is 10.6 Å². The van der Waals surface area contributed by atoms with Gasteiger partial charge in [0.2, 0.25) is 10.0 Å². The predicted molar refractivity (Wildman–Crippen MR) is 134 cm³/mol. The van der Waals surface area contributed by atoms with Gasteiger partial charge in [0.25, 0.3) is 5.91 Å². The molecule has 0 aliphatic carbocycles. The number of thiophene rings is 1. The number of hydrogen-bond acceptors (Lipinski definition) is 8. The Hall–Kier alpha value is -2.31. The molecule has 9 nitrogen and oxygen atoms in total. The number of rotatable bonds is 5. The number of morpholine rings is 1. The number of carbonyl (C=O) groups is 2. The lowest BCUT2D eigenvalue weighted by Crippen LogP contribution is -2.55. The molecule has 1 saturated heterocycles. The van der Waals surface area contributed by atoms with Crippen molar-refractivity contribution < 1.29 is 27.5 Å². The Morgan fingerprint density at radius 2 is 1.74 bits per heavy atom. The number of hydrogen-bond donors (Lipinski definition) is 2. The lowest BCUT2D eigenvalue weighted by atomic mass is 9.81. The number of benzene rings is 1. The molecule has 2 N–H and O–H groups in total. The first kappa shape index (κ1) is 25.8. The number of esters is 1. The number of anilines is 1. The third-order valence-corrected chi connectivity index (χ3v) is 9.57. The molecule has 1 amide bonds. The third-order valence-electron chi connectivity index (χ3n) is 6.19. The average molecular weight is 522 g/mol. The first-order valence-corrected chi connectivity index (χ1v) is 13.6. The first-order valence-electron chi connectivity index (χ1n) is 11.4. The van der Waals surface area contributed by atoms with E-state index in [2.05, 4.69) is 24.5 Å². The molecule has 0 saturated carbocycles. The topological polar surface area (TPSA) is 114 Å². The highest BCUT2D eigenvalue weighted by Gasteiger charge is 2.42. The second-order valence-corrected chi connectivity index (χ2v) is 12.9. The fraction of sp³-hybridized carbons (Fsp3) is 0.500. The summed E-state index contributed by atoms with van der Waals surface area (Å²) >= 11 is 1.35. The lowest BCUT2D eigenvalue weighted by molar-refractivity contribution is 0.0600. The smallest absolute Gasteiger partial charge is 0.341 e. The van der Waals surface area contributed by atoms with E-state index < -0.39 is 27.4 Å². The minimum atomic E-state index is -3.66. The SMILES string of the molecule is COC(=O)c1c(NC(=O)c2ccc(S(=O)(=O)N3CCOCC3)cc2)sc2c1CC(C)(C)NC2(C)C. The van der Waals surface area contributed by atoms with E-state index in [0.717, 1.165) is 10.4 Å². The molecule has 35 heavy (non-hydrogen) atoms. The Morgan fingerprint density at radius 1 is 1.11 bits per heavy atom. The van der Waals surface area contributed by atoms with E-state index in [1.807, 2.05) is 13.8 Å². The fourth-order valence-electron chi connectivity index (χ4n) is 4.82. The number of nitrogens with one attached hydrogen (secondary N) is 2. The molecule has 0 radical (unpaired) electrons. The summed E-state index contributed by atoms with van der Waals surface area (Å²) < 4.78 is 37.4. The van der Waals surface area contributed by atoms with Gasteiger partial charge in [-0.05, 0) is 63.9 Å². The first-order chi connectivity index (χ1) is 16.4. The van der Waals surface area contributed by atoms with Gasteiger partial charge in [0.1, 0.15) is 5.00 Å². The van der Waals surface area contributed by atoms with Crippen LogP contribution in [0.5, 0.6) is 0 Å². The van der Waals surface area contributed by atoms with Gasteiger partial charge in [0.15, 0.2) is 0 Å². The minimum Gasteiger partial charge on any atom is -0.465 e. The average Bonchev–Trinajstić information content (AvgIpc) is 3.16. The van der Waals surface area contributed by atoms with Crippen molar-refractivity contribution in [1.29, 1.82) is 0 Å². The maximum atomic E-state index is 13.1. The number of fused-ring (bicyclic) bond motifs is 1. The Morgan fingerprint density at radius 3 is 2.34 bits per heavy atom. The molecule has 3 heterocycles. The second kappa shape index (κ2) is 9.29. The van der Waals surface area contributed by atoms with Crippen molar-refractivity contribution in [2.45, 2.75) is 50.1 Å². The molecule has 0 spiro atoms. The zero-order valence-electron chi connectivity index (χ0n) is 20.6. The van der Waals surface area contributed by atoms with Crippen LogP contribution in [0.4, 0.5) is 5.00 Å². The fourth-order valence-corrected chi connectivity index (χ4v) is 7.49. The van der Waals surface area contributed by atoms with Crippen LogP contribution in [-0.2, 0) is 31.5 Å². The van der Waals surface area contributed by atoms with Gasteiger partial charge in [0, 0.05) is 34.6 Å². The van der Waals surface area contributed by atoms with Gasteiger partial charge in [-0.2, -0.15) is 4.31 Å². The van der Waals surface area contributed by atoms with Crippen LogP contribution in [0, 0.1) is 0 Å². The van der Waals surface area contributed by atoms with Gasteiger partial charge in [-0.15, -0.1) is 11.3 Å². The molecule has 0 unspecified atom stereocenters. The normalized spacial score (nSPS) is 19.6. The molecule has 4 rings (SSSR count). The van der Waals surface area contributed by atoms with Gasteiger partial charge >= 0.3 is 5.97 Å². The number of carbonyl (C=O) groups excluding carboxylic acids is 2. The highest BCUT2D eigenvalue weighted by molar-refractivity contribution is 7.89. The van der Waals surface area contributed by atoms with Gasteiger partial charge in [-0.3, -0.25) is 4.79 Å². The lowest BCUT2D eigenvalue weighted by Gasteiger charge is -2.42. The highest BCUT2D eigenvalue weighted by atomic mass is 32.2. The van der Waals surface area contributed by atoms with E-state index in [-0.39, 0.29) is 16.0 Å². The van der Waals surface area contributed by atoms with Crippen molar-refractivity contribution in [1.82, 2.24) is 9.62 Å². The molecule has 1 fully saturated rings. The summed E-state index contributed by atoms with van der Waals surface area (Å²) in [7, 11) is -2.33. The number of amides is 1. The molecule has 1 aromatic heterocycles. The van der Waals surface area contributed by atoms with Crippen molar-refractivity contribution in [2.24, 2.45) is 0 Å². The van der Waals surface area contributed by atoms with E-state index in [4.69, 9.17) is 9.47 Å². The van der Waals surface area contributed by atoms with E-state index in [0.29, 0.717) is 43.3 Å². The molecule has 1 aromatic carbocycles. The number of methoxy groups -OCH3 is 1. The zero-order valence-corrected chi connectivity index (χ0v) is 22.2. The highest BCUT2D eigenvalue weighted by Crippen LogP contribution is 2.45. The Balaban J connectivity index is 1.62. The summed E-state index contributed by atoms with van der Waals surface area (Å²) in [6.45, 7) is 9.54. The number of sulfonamides is 1. The van der Waals surface area contributed by atoms with Crippen LogP contribution in [0.1, 0.15) is 58.9 Å². The number of ether oxygens (including phenoxy) is 2. The monoisotopic (exact) mass is 521 g/mol. The van der Waals surface area contributed by atoms with Gasteiger partial charge < -0.3 is 20.1 Å². The van der Waals surface area contributed by atoms with E-state index >= 15 is 0 Å². The summed E-state index contributed by atoms with van der Waals surface area (Å²) in [6.07, 6.45) is 0.608. The summed E-state index contributed by atoms with van der Waals surface area (Å²) in [5.41, 5.74) is 0.880. The van der Waals surface area contributed by atoms with E-state index in [1.54, 1.807) is 0 Å².